The van der Waals surface area contributed by atoms with Gasteiger partial charge in [-0.05, 0) is 36.1 Å². The van der Waals surface area contributed by atoms with Crippen LogP contribution in [-0.4, -0.2) is 29.3 Å². The van der Waals surface area contributed by atoms with Crippen LogP contribution in [0.25, 0.3) is 11.1 Å². The molecule has 2 aromatic rings. The zero-order chi connectivity index (χ0) is 18.7. The van der Waals surface area contributed by atoms with Crippen LogP contribution in [0.5, 0.6) is 0 Å². The van der Waals surface area contributed by atoms with Crippen molar-refractivity contribution < 1.29 is 19.4 Å². The van der Waals surface area contributed by atoms with Gasteiger partial charge in [-0.1, -0.05) is 54.6 Å². The lowest BCUT2D eigenvalue weighted by Gasteiger charge is -2.22. The average Bonchev–Trinajstić information content (AvgIpc) is 2.92. The summed E-state index contributed by atoms with van der Waals surface area (Å²) < 4.78 is 5.45. The molecule has 26 heavy (non-hydrogen) atoms. The number of hydrogen-bond donors (Lipinski definition) is 2. The minimum atomic E-state index is -1.06. The minimum Gasteiger partial charge on any atom is -0.478 e. The Morgan fingerprint density at radius 2 is 1.62 bits per heavy atom. The Balaban J connectivity index is 1.70. The molecule has 0 spiro atoms. The Morgan fingerprint density at radius 3 is 2.15 bits per heavy atom. The first-order valence-corrected chi connectivity index (χ1v) is 8.43. The summed E-state index contributed by atoms with van der Waals surface area (Å²) in [6.45, 7) is 3.63. The molecule has 1 aliphatic carbocycles. The highest BCUT2D eigenvalue weighted by Crippen LogP contribution is 2.44. The van der Waals surface area contributed by atoms with Crippen molar-refractivity contribution in [2.24, 2.45) is 0 Å². The van der Waals surface area contributed by atoms with E-state index in [0.29, 0.717) is 0 Å². The molecule has 0 saturated carbocycles. The molecule has 1 aliphatic rings. The average molecular weight is 351 g/mol. The lowest BCUT2D eigenvalue weighted by molar-refractivity contribution is -0.131. The van der Waals surface area contributed by atoms with Gasteiger partial charge in [0, 0.05) is 12.0 Å². The van der Waals surface area contributed by atoms with E-state index in [0.717, 1.165) is 17.2 Å². The number of carbonyl (C=O) groups is 2. The lowest BCUT2D eigenvalue weighted by atomic mass is 9.98. The third-order valence-electron chi connectivity index (χ3n) is 4.41. The first-order valence-electron chi connectivity index (χ1n) is 8.43. The van der Waals surface area contributed by atoms with Gasteiger partial charge < -0.3 is 15.2 Å². The fraction of sp³-hybridized carbons (Fsp3) is 0.238. The van der Waals surface area contributed by atoms with Crippen LogP contribution in [0.1, 0.15) is 30.9 Å². The number of nitrogens with one attached hydrogen (secondary N) is 1. The van der Waals surface area contributed by atoms with Crippen LogP contribution in [0.15, 0.2) is 60.7 Å². The van der Waals surface area contributed by atoms with Gasteiger partial charge in [0.2, 0.25) is 0 Å². The number of benzene rings is 2. The van der Waals surface area contributed by atoms with E-state index in [4.69, 9.17) is 9.84 Å². The molecule has 0 atom stereocenters. The molecule has 1 amide bonds. The molecule has 5 nitrogen and oxygen atoms in total. The van der Waals surface area contributed by atoms with Gasteiger partial charge in [0.15, 0.2) is 0 Å². The van der Waals surface area contributed by atoms with Gasteiger partial charge in [0.25, 0.3) is 0 Å². The molecular weight excluding hydrogens is 330 g/mol. The third-order valence-corrected chi connectivity index (χ3v) is 4.41. The maximum Gasteiger partial charge on any atom is 0.407 e. The van der Waals surface area contributed by atoms with E-state index < -0.39 is 17.6 Å². The second-order valence-corrected chi connectivity index (χ2v) is 6.84. The van der Waals surface area contributed by atoms with Crippen molar-refractivity contribution in [3.05, 3.63) is 71.8 Å². The number of ether oxygens (including phenoxy) is 1. The number of carbonyl (C=O) groups excluding carboxylic acids is 1. The Labute approximate surface area is 152 Å². The minimum absolute atomic E-state index is 0.00850. The van der Waals surface area contributed by atoms with E-state index in [1.165, 1.54) is 17.2 Å². The summed E-state index contributed by atoms with van der Waals surface area (Å²) >= 11 is 0. The number of hydrogen-bond acceptors (Lipinski definition) is 3. The van der Waals surface area contributed by atoms with E-state index in [2.05, 4.69) is 29.6 Å². The maximum atomic E-state index is 12.2. The number of carboxylic acids is 1. The molecule has 0 aliphatic heterocycles. The van der Waals surface area contributed by atoms with Crippen LogP contribution in [0.4, 0.5) is 4.79 Å². The smallest absolute Gasteiger partial charge is 0.407 e. The Kier molecular flexibility index (Phi) is 4.80. The van der Waals surface area contributed by atoms with Crippen molar-refractivity contribution in [3.8, 4) is 11.1 Å². The maximum absolute atomic E-state index is 12.2. The summed E-state index contributed by atoms with van der Waals surface area (Å²) in [5, 5.41) is 11.4. The van der Waals surface area contributed by atoms with Gasteiger partial charge in [0.1, 0.15) is 6.61 Å². The van der Waals surface area contributed by atoms with Gasteiger partial charge in [-0.2, -0.15) is 0 Å². The van der Waals surface area contributed by atoms with Gasteiger partial charge in [0.05, 0.1) is 5.54 Å². The van der Waals surface area contributed by atoms with Crippen LogP contribution in [0.3, 0.4) is 0 Å². The summed E-state index contributed by atoms with van der Waals surface area (Å²) in [5.41, 5.74) is 3.81. The molecule has 2 N–H and O–H groups in total. The molecule has 134 valence electrons. The summed E-state index contributed by atoms with van der Waals surface area (Å²) in [7, 11) is 0. The fourth-order valence-corrected chi connectivity index (χ4v) is 3.22. The molecular formula is C21H21NO4. The molecule has 0 bridgehead atoms. The number of carboxylic acid groups (broad SMARTS) is 1. The Morgan fingerprint density at radius 1 is 1.08 bits per heavy atom. The Bertz CT molecular complexity index is 824. The second kappa shape index (κ2) is 7.04. The summed E-state index contributed by atoms with van der Waals surface area (Å²) in [6.07, 6.45) is 1.84. The third kappa shape index (κ3) is 3.77. The molecule has 0 heterocycles. The largest absolute Gasteiger partial charge is 0.478 e. The monoisotopic (exact) mass is 351 g/mol. The predicted octanol–water partition coefficient (Wildman–Crippen LogP) is 3.94. The van der Waals surface area contributed by atoms with Crippen molar-refractivity contribution >= 4 is 12.1 Å². The molecule has 0 radical (unpaired) electrons. The van der Waals surface area contributed by atoms with Crippen molar-refractivity contribution in [2.75, 3.05) is 6.61 Å². The van der Waals surface area contributed by atoms with Crippen LogP contribution in [0, 0.1) is 0 Å². The molecule has 5 heteroatoms. The highest BCUT2D eigenvalue weighted by Gasteiger charge is 2.29. The van der Waals surface area contributed by atoms with Gasteiger partial charge in [-0.15, -0.1) is 0 Å². The van der Waals surface area contributed by atoms with E-state index >= 15 is 0 Å². The van der Waals surface area contributed by atoms with Crippen molar-refractivity contribution in [3.63, 3.8) is 0 Å². The fourth-order valence-electron chi connectivity index (χ4n) is 3.22. The molecule has 0 unspecified atom stereocenters. The zero-order valence-electron chi connectivity index (χ0n) is 14.7. The molecule has 0 fully saturated rings. The van der Waals surface area contributed by atoms with Crippen LogP contribution in [-0.2, 0) is 9.53 Å². The number of aliphatic carboxylic acids is 1. The molecule has 0 saturated heterocycles. The van der Waals surface area contributed by atoms with Gasteiger partial charge in [-0.3, -0.25) is 0 Å². The summed E-state index contributed by atoms with van der Waals surface area (Å²) in [6, 6.07) is 16.2. The summed E-state index contributed by atoms with van der Waals surface area (Å²) in [5.74, 6) is -1.07. The van der Waals surface area contributed by atoms with Crippen LogP contribution >= 0.6 is 0 Å². The Hall–Kier alpha value is -3.08. The van der Waals surface area contributed by atoms with Crippen LogP contribution in [0.2, 0.25) is 0 Å². The van der Waals surface area contributed by atoms with E-state index in [9.17, 15) is 9.59 Å². The summed E-state index contributed by atoms with van der Waals surface area (Å²) in [4.78, 5) is 22.8. The molecule has 0 aromatic heterocycles. The highest BCUT2D eigenvalue weighted by atomic mass is 16.5. The second-order valence-electron chi connectivity index (χ2n) is 6.84. The first-order chi connectivity index (χ1) is 12.4. The van der Waals surface area contributed by atoms with Gasteiger partial charge >= 0.3 is 12.1 Å². The van der Waals surface area contributed by atoms with E-state index in [1.54, 1.807) is 13.8 Å². The zero-order valence-corrected chi connectivity index (χ0v) is 14.7. The lowest BCUT2D eigenvalue weighted by Crippen LogP contribution is -2.42. The van der Waals surface area contributed by atoms with E-state index in [1.807, 2.05) is 24.3 Å². The number of alkyl carbamates (subject to hydrolysis) is 1. The quantitative estimate of drug-likeness (QED) is 0.800. The van der Waals surface area contributed by atoms with Gasteiger partial charge in [-0.25, -0.2) is 9.59 Å². The highest BCUT2D eigenvalue weighted by molar-refractivity contribution is 5.80. The normalized spacial score (nSPS) is 13.3. The van der Waals surface area contributed by atoms with Crippen LogP contribution < -0.4 is 5.32 Å². The van der Waals surface area contributed by atoms with Crippen molar-refractivity contribution in [2.45, 2.75) is 25.3 Å². The predicted molar refractivity (Wildman–Crippen MR) is 99.1 cm³/mol. The SMILES string of the molecule is CC(C)(C=CC(=O)O)NC(=O)OCC1c2ccccc2-c2ccccc21. The van der Waals surface area contributed by atoms with Crippen molar-refractivity contribution in [1.29, 1.82) is 0 Å². The number of fused-ring (bicyclic) bond motifs is 3. The first kappa shape index (κ1) is 17.7. The molecule has 3 rings (SSSR count). The van der Waals surface area contributed by atoms with Crippen molar-refractivity contribution in [1.82, 2.24) is 5.32 Å². The molecule has 2 aromatic carbocycles. The topological polar surface area (TPSA) is 75.6 Å². The number of amides is 1. The number of rotatable bonds is 5. The standard InChI is InChI=1S/C21H21NO4/c1-21(2,12-11-19(23)24)22-20(25)26-13-18-16-9-5-3-7-14(16)15-8-4-6-10-17(15)18/h3-12,18H,13H2,1-2H3,(H,22,25)(H,23,24). The van der Waals surface area contributed by atoms with E-state index in [-0.39, 0.29) is 12.5 Å².